The van der Waals surface area contributed by atoms with Gasteiger partial charge in [-0.2, -0.15) is 0 Å². The highest BCUT2D eigenvalue weighted by atomic mass is 15.0. The van der Waals surface area contributed by atoms with E-state index in [1.54, 1.807) is 0 Å². The van der Waals surface area contributed by atoms with Gasteiger partial charge in [0.1, 0.15) is 5.82 Å². The summed E-state index contributed by atoms with van der Waals surface area (Å²) in [6.07, 6.45) is 3.90. The minimum Gasteiger partial charge on any atom is -0.326 e. The second kappa shape index (κ2) is 4.03. The lowest BCUT2D eigenvalue weighted by molar-refractivity contribution is 1.05. The van der Waals surface area contributed by atoms with Crippen molar-refractivity contribution in [2.75, 3.05) is 0 Å². The molecule has 3 heteroatoms. The van der Waals surface area contributed by atoms with E-state index in [0.717, 1.165) is 22.5 Å². The molecule has 3 rings (SSSR count). The van der Waals surface area contributed by atoms with Crippen LogP contribution in [0.2, 0.25) is 0 Å². The van der Waals surface area contributed by atoms with Crippen LogP contribution in [0.5, 0.6) is 0 Å². The van der Waals surface area contributed by atoms with Crippen LogP contribution in [0.25, 0.3) is 16.9 Å². The Morgan fingerprint density at radius 1 is 1.06 bits per heavy atom. The Morgan fingerprint density at radius 2 is 1.88 bits per heavy atom. The molecule has 0 radical (unpaired) electrons. The maximum atomic E-state index is 5.72. The highest BCUT2D eigenvalue weighted by molar-refractivity contribution is 5.64. The topological polar surface area (TPSA) is 43.3 Å². The number of benzene rings is 1. The minimum absolute atomic E-state index is 0.532. The molecular weight excluding hydrogens is 210 g/mol. The monoisotopic (exact) mass is 223 g/mol. The number of aromatic nitrogens is 2. The van der Waals surface area contributed by atoms with Gasteiger partial charge in [0, 0.05) is 18.3 Å². The van der Waals surface area contributed by atoms with Gasteiger partial charge in [0.15, 0.2) is 0 Å². The van der Waals surface area contributed by atoms with E-state index in [1.807, 2.05) is 42.7 Å². The minimum atomic E-state index is 0.532. The molecule has 0 bridgehead atoms. The van der Waals surface area contributed by atoms with Crippen LogP contribution in [0.15, 0.2) is 54.9 Å². The zero-order valence-corrected chi connectivity index (χ0v) is 9.38. The highest BCUT2D eigenvalue weighted by Crippen LogP contribution is 2.21. The van der Waals surface area contributed by atoms with E-state index in [1.165, 1.54) is 0 Å². The lowest BCUT2D eigenvalue weighted by Gasteiger charge is -2.03. The summed E-state index contributed by atoms with van der Waals surface area (Å²) in [7, 11) is 0. The number of hydrogen-bond donors (Lipinski definition) is 1. The van der Waals surface area contributed by atoms with Crippen molar-refractivity contribution in [2.24, 2.45) is 5.73 Å². The maximum Gasteiger partial charge on any atom is 0.144 e. The molecule has 0 atom stereocenters. The number of nitrogens with zero attached hydrogens (tertiary/aromatic N) is 2. The molecule has 0 unspecified atom stereocenters. The van der Waals surface area contributed by atoms with Gasteiger partial charge in [0.2, 0.25) is 0 Å². The molecule has 3 nitrogen and oxygen atoms in total. The number of pyridine rings is 1. The van der Waals surface area contributed by atoms with Gasteiger partial charge in [0.25, 0.3) is 0 Å². The molecule has 17 heavy (non-hydrogen) atoms. The van der Waals surface area contributed by atoms with E-state index in [4.69, 9.17) is 5.73 Å². The Morgan fingerprint density at radius 3 is 2.65 bits per heavy atom. The Balaban J connectivity index is 2.26. The fourth-order valence-electron chi connectivity index (χ4n) is 2.05. The van der Waals surface area contributed by atoms with Crippen molar-refractivity contribution in [1.82, 2.24) is 9.38 Å². The third-order valence-corrected chi connectivity index (χ3v) is 2.91. The first-order valence-corrected chi connectivity index (χ1v) is 5.60. The van der Waals surface area contributed by atoms with Gasteiger partial charge in [-0.25, -0.2) is 4.98 Å². The SMILES string of the molecule is NCc1cccn2c(-c3ccccc3)ncc12. The standard InChI is InChI=1S/C14H13N3/c15-9-12-7-4-8-17-13(12)10-16-14(17)11-5-2-1-3-6-11/h1-8,10H,9,15H2. The molecule has 0 aliphatic rings. The quantitative estimate of drug-likeness (QED) is 0.725. The summed E-state index contributed by atoms with van der Waals surface area (Å²) in [6.45, 7) is 0.532. The van der Waals surface area contributed by atoms with Crippen molar-refractivity contribution in [3.05, 3.63) is 60.4 Å². The molecule has 2 aromatic heterocycles. The fourth-order valence-corrected chi connectivity index (χ4v) is 2.05. The van der Waals surface area contributed by atoms with Crippen LogP contribution in [-0.4, -0.2) is 9.38 Å². The third kappa shape index (κ3) is 1.61. The Kier molecular flexibility index (Phi) is 2.38. The Bertz CT molecular complexity index is 641. The molecule has 0 fully saturated rings. The van der Waals surface area contributed by atoms with Gasteiger partial charge >= 0.3 is 0 Å². The molecule has 0 saturated carbocycles. The number of fused-ring (bicyclic) bond motifs is 1. The molecule has 1 aromatic carbocycles. The number of nitrogens with two attached hydrogens (primary N) is 1. The van der Waals surface area contributed by atoms with Gasteiger partial charge in [0.05, 0.1) is 11.7 Å². The van der Waals surface area contributed by atoms with E-state index in [-0.39, 0.29) is 0 Å². The zero-order valence-electron chi connectivity index (χ0n) is 9.38. The number of imidazole rings is 1. The van der Waals surface area contributed by atoms with E-state index in [9.17, 15) is 0 Å². The smallest absolute Gasteiger partial charge is 0.144 e. The van der Waals surface area contributed by atoms with E-state index < -0.39 is 0 Å². The largest absolute Gasteiger partial charge is 0.326 e. The average Bonchev–Trinajstić information content (AvgIpc) is 2.83. The first-order chi connectivity index (χ1) is 8.40. The zero-order chi connectivity index (χ0) is 11.7. The van der Waals surface area contributed by atoms with Crippen LogP contribution in [0, 0.1) is 0 Å². The van der Waals surface area contributed by atoms with Gasteiger partial charge in [-0.3, -0.25) is 4.40 Å². The summed E-state index contributed by atoms with van der Waals surface area (Å²) in [5, 5.41) is 0. The van der Waals surface area contributed by atoms with Gasteiger partial charge in [-0.05, 0) is 11.6 Å². The first kappa shape index (κ1) is 10.1. The molecule has 0 aliphatic heterocycles. The first-order valence-electron chi connectivity index (χ1n) is 5.60. The molecular formula is C14H13N3. The van der Waals surface area contributed by atoms with Crippen LogP contribution in [0.1, 0.15) is 5.56 Å². The van der Waals surface area contributed by atoms with Gasteiger partial charge < -0.3 is 5.73 Å². The Labute approximate surface area is 99.5 Å². The predicted molar refractivity (Wildman–Crippen MR) is 68.5 cm³/mol. The molecule has 0 aliphatic carbocycles. The van der Waals surface area contributed by atoms with Crippen LogP contribution in [-0.2, 0) is 6.54 Å². The van der Waals surface area contributed by atoms with E-state index in [0.29, 0.717) is 6.54 Å². The lowest BCUT2D eigenvalue weighted by atomic mass is 10.2. The van der Waals surface area contributed by atoms with Crippen molar-refractivity contribution >= 4 is 5.52 Å². The molecule has 3 aromatic rings. The molecule has 2 heterocycles. The van der Waals surface area contributed by atoms with Crippen molar-refractivity contribution in [3.63, 3.8) is 0 Å². The summed E-state index contributed by atoms with van der Waals surface area (Å²) in [4.78, 5) is 4.48. The molecule has 0 amide bonds. The molecule has 0 saturated heterocycles. The van der Waals surface area contributed by atoms with Crippen molar-refractivity contribution < 1.29 is 0 Å². The van der Waals surface area contributed by atoms with Crippen LogP contribution in [0.4, 0.5) is 0 Å². The van der Waals surface area contributed by atoms with Crippen molar-refractivity contribution in [3.8, 4) is 11.4 Å². The predicted octanol–water partition coefficient (Wildman–Crippen LogP) is 2.46. The summed E-state index contributed by atoms with van der Waals surface area (Å²) in [6, 6.07) is 14.2. The summed E-state index contributed by atoms with van der Waals surface area (Å²) in [5.74, 6) is 0.955. The van der Waals surface area contributed by atoms with Crippen molar-refractivity contribution in [2.45, 2.75) is 6.54 Å². The number of rotatable bonds is 2. The molecule has 2 N–H and O–H groups in total. The van der Waals surface area contributed by atoms with Crippen LogP contribution in [0.3, 0.4) is 0 Å². The lowest BCUT2D eigenvalue weighted by Crippen LogP contribution is -1.99. The third-order valence-electron chi connectivity index (χ3n) is 2.91. The van der Waals surface area contributed by atoms with Gasteiger partial charge in [-0.1, -0.05) is 36.4 Å². The summed E-state index contributed by atoms with van der Waals surface area (Å²) < 4.78 is 2.08. The van der Waals surface area contributed by atoms with E-state index in [2.05, 4.69) is 21.5 Å². The second-order valence-corrected chi connectivity index (χ2v) is 3.94. The van der Waals surface area contributed by atoms with Crippen molar-refractivity contribution in [1.29, 1.82) is 0 Å². The maximum absolute atomic E-state index is 5.72. The summed E-state index contributed by atoms with van der Waals surface area (Å²) >= 11 is 0. The number of hydrogen-bond acceptors (Lipinski definition) is 2. The Hall–Kier alpha value is -2.13. The fraction of sp³-hybridized carbons (Fsp3) is 0.0714. The average molecular weight is 223 g/mol. The highest BCUT2D eigenvalue weighted by Gasteiger charge is 2.07. The van der Waals surface area contributed by atoms with Gasteiger partial charge in [-0.15, -0.1) is 0 Å². The van der Waals surface area contributed by atoms with Crippen LogP contribution >= 0.6 is 0 Å². The normalized spacial score (nSPS) is 10.9. The summed E-state index contributed by atoms with van der Waals surface area (Å²) in [5.41, 5.74) is 9.03. The van der Waals surface area contributed by atoms with Crippen LogP contribution < -0.4 is 5.73 Å². The molecule has 0 spiro atoms. The second-order valence-electron chi connectivity index (χ2n) is 3.94. The van der Waals surface area contributed by atoms with E-state index >= 15 is 0 Å². The molecule has 84 valence electrons.